The van der Waals surface area contributed by atoms with Crippen molar-refractivity contribution in [2.24, 2.45) is 0 Å². The SMILES string of the molecule is Cc1cnnc2nc[nH]c12. The molecule has 2 aromatic heterocycles. The summed E-state index contributed by atoms with van der Waals surface area (Å²) in [5, 5.41) is 7.56. The van der Waals surface area contributed by atoms with Crippen LogP contribution in [0.25, 0.3) is 11.2 Å². The minimum Gasteiger partial charge on any atom is -0.343 e. The van der Waals surface area contributed by atoms with Crippen LogP contribution in [0.15, 0.2) is 12.5 Å². The van der Waals surface area contributed by atoms with Gasteiger partial charge in [0.25, 0.3) is 0 Å². The molecule has 2 aromatic rings. The molecule has 1 N–H and O–H groups in total. The summed E-state index contributed by atoms with van der Waals surface area (Å²) in [6.45, 7) is 1.97. The van der Waals surface area contributed by atoms with E-state index in [4.69, 9.17) is 0 Å². The number of nitrogens with one attached hydrogen (secondary N) is 1. The highest BCUT2D eigenvalue weighted by Crippen LogP contribution is 2.07. The molecule has 0 saturated heterocycles. The van der Waals surface area contributed by atoms with Crippen molar-refractivity contribution in [2.75, 3.05) is 0 Å². The van der Waals surface area contributed by atoms with Crippen LogP contribution in [0.2, 0.25) is 0 Å². The molecule has 50 valence electrons. The van der Waals surface area contributed by atoms with Gasteiger partial charge >= 0.3 is 0 Å². The van der Waals surface area contributed by atoms with Crippen LogP contribution < -0.4 is 0 Å². The number of aryl methyl sites for hydroxylation is 1. The zero-order valence-corrected chi connectivity index (χ0v) is 5.50. The second-order valence-corrected chi connectivity index (χ2v) is 2.13. The van der Waals surface area contributed by atoms with Crippen LogP contribution >= 0.6 is 0 Å². The lowest BCUT2D eigenvalue weighted by Gasteiger charge is -1.88. The standard InChI is InChI=1S/C6H6N4/c1-4-2-9-10-6-5(4)7-3-8-6/h2-3H,1H3,(H,7,8,10). The van der Waals surface area contributed by atoms with E-state index in [0.29, 0.717) is 5.65 Å². The topological polar surface area (TPSA) is 54.5 Å². The Balaban J connectivity index is 2.95. The Hall–Kier alpha value is -1.45. The van der Waals surface area contributed by atoms with Crippen molar-refractivity contribution < 1.29 is 0 Å². The largest absolute Gasteiger partial charge is 0.343 e. The molecule has 0 radical (unpaired) electrons. The average Bonchev–Trinajstić information content (AvgIpc) is 2.36. The molecule has 0 aromatic carbocycles. The van der Waals surface area contributed by atoms with Crippen molar-refractivity contribution >= 4 is 11.2 Å². The van der Waals surface area contributed by atoms with Crippen LogP contribution in [-0.2, 0) is 0 Å². The van der Waals surface area contributed by atoms with Gasteiger partial charge in [-0.25, -0.2) is 4.98 Å². The smallest absolute Gasteiger partial charge is 0.199 e. The number of hydrogen-bond acceptors (Lipinski definition) is 3. The fourth-order valence-electron chi connectivity index (χ4n) is 0.888. The van der Waals surface area contributed by atoms with Crippen molar-refractivity contribution in [3.8, 4) is 0 Å². The van der Waals surface area contributed by atoms with Crippen LogP contribution in [0.3, 0.4) is 0 Å². The van der Waals surface area contributed by atoms with E-state index in [1.807, 2.05) is 6.92 Å². The van der Waals surface area contributed by atoms with Gasteiger partial charge < -0.3 is 4.98 Å². The Bertz CT molecular complexity index is 351. The van der Waals surface area contributed by atoms with E-state index < -0.39 is 0 Å². The molecule has 0 spiro atoms. The first-order valence-electron chi connectivity index (χ1n) is 2.99. The molecule has 0 aliphatic carbocycles. The number of nitrogens with zero attached hydrogens (tertiary/aromatic N) is 3. The fourth-order valence-corrected chi connectivity index (χ4v) is 0.888. The highest BCUT2D eigenvalue weighted by Gasteiger charge is 1.98. The molecular weight excluding hydrogens is 128 g/mol. The number of rotatable bonds is 0. The van der Waals surface area contributed by atoms with E-state index in [-0.39, 0.29) is 0 Å². The Labute approximate surface area is 57.3 Å². The molecular formula is C6H6N4. The summed E-state index contributed by atoms with van der Waals surface area (Å²) in [7, 11) is 0. The van der Waals surface area contributed by atoms with Crippen molar-refractivity contribution in [3.05, 3.63) is 18.1 Å². The van der Waals surface area contributed by atoms with Gasteiger partial charge in [-0.3, -0.25) is 0 Å². The fraction of sp³-hybridized carbons (Fsp3) is 0.167. The average molecular weight is 134 g/mol. The zero-order valence-electron chi connectivity index (χ0n) is 5.50. The van der Waals surface area contributed by atoms with Crippen LogP contribution in [0.5, 0.6) is 0 Å². The monoisotopic (exact) mass is 134 g/mol. The summed E-state index contributed by atoms with van der Waals surface area (Å²) in [4.78, 5) is 6.92. The molecule has 0 saturated carbocycles. The summed E-state index contributed by atoms with van der Waals surface area (Å²) in [6, 6.07) is 0. The molecule has 0 bridgehead atoms. The van der Waals surface area contributed by atoms with Gasteiger partial charge in [-0.05, 0) is 12.5 Å². The van der Waals surface area contributed by atoms with Gasteiger partial charge in [0.1, 0.15) is 0 Å². The molecule has 10 heavy (non-hydrogen) atoms. The van der Waals surface area contributed by atoms with Gasteiger partial charge in [-0.15, -0.1) is 5.10 Å². The van der Waals surface area contributed by atoms with Crippen LogP contribution in [0.1, 0.15) is 5.56 Å². The summed E-state index contributed by atoms with van der Waals surface area (Å²) in [5.41, 5.74) is 2.72. The lowest BCUT2D eigenvalue weighted by Crippen LogP contribution is -1.84. The maximum atomic E-state index is 3.95. The van der Waals surface area contributed by atoms with Crippen molar-refractivity contribution in [3.63, 3.8) is 0 Å². The minimum atomic E-state index is 0.681. The second kappa shape index (κ2) is 1.76. The highest BCUT2D eigenvalue weighted by molar-refractivity contribution is 5.72. The molecule has 0 fully saturated rings. The van der Waals surface area contributed by atoms with Gasteiger partial charge in [0.15, 0.2) is 5.65 Å². The lowest BCUT2D eigenvalue weighted by molar-refractivity contribution is 1.05. The maximum absolute atomic E-state index is 3.95. The third-order valence-electron chi connectivity index (χ3n) is 1.42. The minimum absolute atomic E-state index is 0.681. The maximum Gasteiger partial charge on any atom is 0.199 e. The van der Waals surface area contributed by atoms with Gasteiger partial charge in [-0.2, -0.15) is 5.10 Å². The molecule has 4 nitrogen and oxygen atoms in total. The molecule has 0 amide bonds. The third-order valence-corrected chi connectivity index (χ3v) is 1.42. The number of hydrogen-bond donors (Lipinski definition) is 1. The first-order chi connectivity index (χ1) is 4.88. The van der Waals surface area contributed by atoms with Crippen LogP contribution in [-0.4, -0.2) is 20.2 Å². The van der Waals surface area contributed by atoms with E-state index in [9.17, 15) is 0 Å². The van der Waals surface area contributed by atoms with Crippen molar-refractivity contribution in [2.45, 2.75) is 6.92 Å². The first-order valence-corrected chi connectivity index (χ1v) is 2.99. The van der Waals surface area contributed by atoms with Gasteiger partial charge in [0, 0.05) is 0 Å². The number of fused-ring (bicyclic) bond motifs is 1. The predicted molar refractivity (Wildman–Crippen MR) is 36.4 cm³/mol. The molecule has 4 heteroatoms. The van der Waals surface area contributed by atoms with Crippen molar-refractivity contribution in [1.82, 2.24) is 20.2 Å². The summed E-state index contributed by atoms with van der Waals surface area (Å²) in [6.07, 6.45) is 3.33. The van der Waals surface area contributed by atoms with E-state index in [1.54, 1.807) is 12.5 Å². The Morgan fingerprint density at radius 3 is 3.20 bits per heavy atom. The van der Waals surface area contributed by atoms with E-state index >= 15 is 0 Å². The Morgan fingerprint density at radius 1 is 1.50 bits per heavy atom. The molecule has 0 atom stereocenters. The quantitative estimate of drug-likeness (QED) is 0.575. The van der Waals surface area contributed by atoms with E-state index in [0.717, 1.165) is 11.1 Å². The number of H-pyrrole nitrogens is 1. The van der Waals surface area contributed by atoms with Gasteiger partial charge in [0.05, 0.1) is 18.0 Å². The summed E-state index contributed by atoms with van der Waals surface area (Å²) in [5.74, 6) is 0. The molecule has 0 aliphatic heterocycles. The zero-order chi connectivity index (χ0) is 6.97. The number of aromatic nitrogens is 4. The Kier molecular flexibility index (Phi) is 0.943. The number of aromatic amines is 1. The summed E-state index contributed by atoms with van der Waals surface area (Å²) < 4.78 is 0. The molecule has 2 rings (SSSR count). The van der Waals surface area contributed by atoms with Gasteiger partial charge in [-0.1, -0.05) is 0 Å². The van der Waals surface area contributed by atoms with Gasteiger partial charge in [0.2, 0.25) is 0 Å². The number of imidazole rings is 1. The van der Waals surface area contributed by atoms with Crippen LogP contribution in [0.4, 0.5) is 0 Å². The summed E-state index contributed by atoms with van der Waals surface area (Å²) >= 11 is 0. The highest BCUT2D eigenvalue weighted by atomic mass is 15.1. The van der Waals surface area contributed by atoms with E-state index in [2.05, 4.69) is 20.2 Å². The Morgan fingerprint density at radius 2 is 2.40 bits per heavy atom. The van der Waals surface area contributed by atoms with Crippen molar-refractivity contribution in [1.29, 1.82) is 0 Å². The van der Waals surface area contributed by atoms with Crippen LogP contribution in [0, 0.1) is 6.92 Å². The first kappa shape index (κ1) is 5.34. The predicted octanol–water partition coefficient (Wildman–Crippen LogP) is 0.661. The second-order valence-electron chi connectivity index (χ2n) is 2.13. The molecule has 2 heterocycles. The third kappa shape index (κ3) is 0.586. The van der Waals surface area contributed by atoms with E-state index in [1.165, 1.54) is 0 Å². The normalized spacial score (nSPS) is 10.5. The molecule has 0 aliphatic rings. The molecule has 0 unspecified atom stereocenters. The lowest BCUT2D eigenvalue weighted by atomic mass is 10.3.